The molecule has 6 heteroatoms. The van der Waals surface area contributed by atoms with E-state index in [-0.39, 0.29) is 12.5 Å². The van der Waals surface area contributed by atoms with Crippen molar-refractivity contribution in [3.05, 3.63) is 0 Å². The molecule has 1 aliphatic heterocycles. The van der Waals surface area contributed by atoms with Crippen molar-refractivity contribution in [1.29, 1.82) is 0 Å². The molecule has 1 heterocycles. The predicted molar refractivity (Wildman–Crippen MR) is 68.5 cm³/mol. The van der Waals surface area contributed by atoms with Gasteiger partial charge in [-0.15, -0.1) is 0 Å². The van der Waals surface area contributed by atoms with Crippen LogP contribution in [-0.2, 0) is 4.79 Å². The molecule has 1 unspecified atom stereocenters. The monoisotopic (exact) mass is 257 g/mol. The molecule has 0 radical (unpaired) electrons. The highest BCUT2D eigenvalue weighted by molar-refractivity contribution is 5.74. The number of carbonyl (C=O) groups is 2. The van der Waals surface area contributed by atoms with Crippen LogP contribution in [0.4, 0.5) is 4.79 Å². The maximum Gasteiger partial charge on any atom is 0.314 e. The number of nitrogens with zero attached hydrogens (tertiary/aromatic N) is 1. The Hall–Kier alpha value is -1.30. The zero-order valence-electron chi connectivity index (χ0n) is 10.9. The highest BCUT2D eigenvalue weighted by atomic mass is 16.4. The molecular weight excluding hydrogens is 234 g/mol. The van der Waals surface area contributed by atoms with E-state index in [1.165, 1.54) is 6.42 Å². The van der Waals surface area contributed by atoms with Gasteiger partial charge in [0.25, 0.3) is 0 Å². The number of carboxylic acid groups (broad SMARTS) is 1. The van der Waals surface area contributed by atoms with E-state index in [0.717, 1.165) is 19.5 Å². The first-order valence-corrected chi connectivity index (χ1v) is 6.61. The van der Waals surface area contributed by atoms with Crippen molar-refractivity contribution in [3.8, 4) is 0 Å². The minimum absolute atomic E-state index is 0.0898. The first-order chi connectivity index (χ1) is 8.63. The van der Waals surface area contributed by atoms with Gasteiger partial charge in [0.2, 0.25) is 0 Å². The third-order valence-corrected chi connectivity index (χ3v) is 3.26. The van der Waals surface area contributed by atoms with Crippen molar-refractivity contribution in [1.82, 2.24) is 15.5 Å². The third kappa shape index (κ3) is 5.35. The van der Waals surface area contributed by atoms with Gasteiger partial charge in [0, 0.05) is 25.6 Å². The molecule has 6 nitrogen and oxygen atoms in total. The fourth-order valence-corrected chi connectivity index (χ4v) is 2.26. The molecule has 0 spiro atoms. The SMILES string of the molecule is CCN1CCCC1CNC(=O)NCCCC(=O)O. The minimum atomic E-state index is -0.832. The van der Waals surface area contributed by atoms with Crippen LogP contribution in [0.25, 0.3) is 0 Å². The van der Waals surface area contributed by atoms with Crippen LogP contribution in [0.1, 0.15) is 32.6 Å². The Morgan fingerprint density at radius 2 is 2.17 bits per heavy atom. The van der Waals surface area contributed by atoms with Gasteiger partial charge in [0.15, 0.2) is 0 Å². The maximum absolute atomic E-state index is 11.5. The van der Waals surface area contributed by atoms with Gasteiger partial charge in [0.1, 0.15) is 0 Å². The Morgan fingerprint density at radius 3 is 2.83 bits per heavy atom. The Morgan fingerprint density at radius 1 is 1.39 bits per heavy atom. The Balaban J connectivity index is 2.07. The topological polar surface area (TPSA) is 81.7 Å². The molecular formula is C12H23N3O3. The summed E-state index contributed by atoms with van der Waals surface area (Å²) in [6.07, 6.45) is 2.88. The van der Waals surface area contributed by atoms with Crippen LogP contribution in [-0.4, -0.2) is 54.2 Å². The summed E-state index contributed by atoms with van der Waals surface area (Å²) < 4.78 is 0. The normalized spacial score (nSPS) is 19.7. The number of carbonyl (C=O) groups excluding carboxylic acids is 1. The highest BCUT2D eigenvalue weighted by Crippen LogP contribution is 2.15. The molecule has 2 amide bonds. The van der Waals surface area contributed by atoms with Gasteiger partial charge >= 0.3 is 12.0 Å². The van der Waals surface area contributed by atoms with E-state index in [1.807, 2.05) is 0 Å². The number of hydrogen-bond donors (Lipinski definition) is 3. The average molecular weight is 257 g/mol. The quantitative estimate of drug-likeness (QED) is 0.584. The molecule has 0 aromatic heterocycles. The fourth-order valence-electron chi connectivity index (χ4n) is 2.26. The number of aliphatic carboxylic acids is 1. The minimum Gasteiger partial charge on any atom is -0.481 e. The van der Waals surface area contributed by atoms with Gasteiger partial charge in [-0.25, -0.2) is 4.79 Å². The first-order valence-electron chi connectivity index (χ1n) is 6.61. The molecule has 3 N–H and O–H groups in total. The van der Waals surface area contributed by atoms with Crippen LogP contribution in [0.5, 0.6) is 0 Å². The number of rotatable bonds is 7. The number of hydrogen-bond acceptors (Lipinski definition) is 3. The van der Waals surface area contributed by atoms with E-state index in [2.05, 4.69) is 22.5 Å². The van der Waals surface area contributed by atoms with Crippen LogP contribution >= 0.6 is 0 Å². The van der Waals surface area contributed by atoms with E-state index in [4.69, 9.17) is 5.11 Å². The van der Waals surface area contributed by atoms with Crippen molar-refractivity contribution in [3.63, 3.8) is 0 Å². The number of carboxylic acids is 1. The number of likely N-dealkylation sites (N-methyl/N-ethyl adjacent to an activating group) is 1. The zero-order chi connectivity index (χ0) is 13.4. The summed E-state index contributed by atoms with van der Waals surface area (Å²) in [5.74, 6) is -0.832. The lowest BCUT2D eigenvalue weighted by Gasteiger charge is -2.22. The van der Waals surface area contributed by atoms with Crippen LogP contribution < -0.4 is 10.6 Å². The second kappa shape index (κ2) is 7.92. The molecule has 1 saturated heterocycles. The van der Waals surface area contributed by atoms with E-state index in [0.29, 0.717) is 25.6 Å². The smallest absolute Gasteiger partial charge is 0.314 e. The maximum atomic E-state index is 11.5. The molecule has 1 aliphatic rings. The molecule has 0 aliphatic carbocycles. The summed E-state index contributed by atoms with van der Waals surface area (Å²) in [4.78, 5) is 24.1. The van der Waals surface area contributed by atoms with Crippen molar-refractivity contribution in [2.45, 2.75) is 38.6 Å². The van der Waals surface area contributed by atoms with Crippen molar-refractivity contribution in [2.24, 2.45) is 0 Å². The average Bonchev–Trinajstić information content (AvgIpc) is 2.79. The zero-order valence-corrected chi connectivity index (χ0v) is 10.9. The van der Waals surface area contributed by atoms with E-state index < -0.39 is 5.97 Å². The van der Waals surface area contributed by atoms with Gasteiger partial charge in [-0.3, -0.25) is 9.69 Å². The Labute approximate surface area is 108 Å². The Bertz CT molecular complexity index is 284. The fraction of sp³-hybridized carbons (Fsp3) is 0.833. The second-order valence-corrected chi connectivity index (χ2v) is 4.56. The summed E-state index contributed by atoms with van der Waals surface area (Å²) in [7, 11) is 0. The van der Waals surface area contributed by atoms with Crippen LogP contribution in [0, 0.1) is 0 Å². The number of likely N-dealkylation sites (tertiary alicyclic amines) is 1. The lowest BCUT2D eigenvalue weighted by atomic mass is 10.2. The summed E-state index contributed by atoms with van der Waals surface area (Å²) in [6.45, 7) is 5.33. The van der Waals surface area contributed by atoms with Gasteiger partial charge in [-0.2, -0.15) is 0 Å². The van der Waals surface area contributed by atoms with Crippen LogP contribution in [0.3, 0.4) is 0 Å². The van der Waals surface area contributed by atoms with Crippen molar-refractivity contribution < 1.29 is 14.7 Å². The summed E-state index contributed by atoms with van der Waals surface area (Å²) in [6, 6.07) is 0.239. The van der Waals surface area contributed by atoms with E-state index in [9.17, 15) is 9.59 Å². The number of nitrogens with one attached hydrogen (secondary N) is 2. The van der Waals surface area contributed by atoms with E-state index >= 15 is 0 Å². The summed E-state index contributed by atoms with van der Waals surface area (Å²) in [5, 5.41) is 13.9. The van der Waals surface area contributed by atoms with E-state index in [1.54, 1.807) is 0 Å². The molecule has 1 atom stereocenters. The highest BCUT2D eigenvalue weighted by Gasteiger charge is 2.22. The molecule has 0 bridgehead atoms. The molecule has 1 rings (SSSR count). The lowest BCUT2D eigenvalue weighted by Crippen LogP contribution is -2.44. The summed E-state index contributed by atoms with van der Waals surface area (Å²) in [5.41, 5.74) is 0. The second-order valence-electron chi connectivity index (χ2n) is 4.56. The molecule has 0 aromatic rings. The van der Waals surface area contributed by atoms with Crippen LogP contribution in [0.15, 0.2) is 0 Å². The lowest BCUT2D eigenvalue weighted by molar-refractivity contribution is -0.137. The van der Waals surface area contributed by atoms with Gasteiger partial charge < -0.3 is 15.7 Å². The largest absolute Gasteiger partial charge is 0.481 e. The summed E-state index contributed by atoms with van der Waals surface area (Å²) >= 11 is 0. The molecule has 104 valence electrons. The Kier molecular flexibility index (Phi) is 6.49. The van der Waals surface area contributed by atoms with Crippen molar-refractivity contribution >= 4 is 12.0 Å². The van der Waals surface area contributed by atoms with Gasteiger partial charge in [-0.05, 0) is 32.4 Å². The first kappa shape index (κ1) is 14.8. The molecule has 18 heavy (non-hydrogen) atoms. The number of amides is 2. The predicted octanol–water partition coefficient (Wildman–Crippen LogP) is 0.635. The molecule has 0 saturated carbocycles. The third-order valence-electron chi connectivity index (χ3n) is 3.26. The van der Waals surface area contributed by atoms with Gasteiger partial charge in [0.05, 0.1) is 0 Å². The van der Waals surface area contributed by atoms with Gasteiger partial charge in [-0.1, -0.05) is 6.92 Å². The van der Waals surface area contributed by atoms with Crippen LogP contribution in [0.2, 0.25) is 0 Å². The number of urea groups is 1. The molecule has 0 aromatic carbocycles. The standard InChI is InChI=1S/C12H23N3O3/c1-2-15-8-4-5-10(15)9-14-12(18)13-7-3-6-11(16)17/h10H,2-9H2,1H3,(H,16,17)(H2,13,14,18). The van der Waals surface area contributed by atoms with Crippen molar-refractivity contribution in [2.75, 3.05) is 26.2 Å². The molecule has 1 fully saturated rings.